The summed E-state index contributed by atoms with van der Waals surface area (Å²) >= 11 is 0. The van der Waals surface area contributed by atoms with Crippen molar-refractivity contribution >= 4 is 28.1 Å². The third kappa shape index (κ3) is 5.73. The lowest BCUT2D eigenvalue weighted by atomic mass is 9.99. The molecule has 7 aromatic rings. The Labute approximate surface area is 259 Å². The second kappa shape index (κ2) is 12.0. The van der Waals surface area contributed by atoms with E-state index in [1.807, 2.05) is 24.3 Å². The Kier molecular flexibility index (Phi) is 7.44. The fraction of sp³-hybridized carbons (Fsp3) is 0.0732. The van der Waals surface area contributed by atoms with Gasteiger partial charge in [0.25, 0.3) is 0 Å². The zero-order valence-corrected chi connectivity index (χ0v) is 25.0. The molecule has 0 atom stereocenters. The average Bonchev–Trinajstić information content (AvgIpc) is 3.07. The zero-order chi connectivity index (χ0) is 29.9. The normalized spacial score (nSPS) is 11.0. The van der Waals surface area contributed by atoms with E-state index in [1.54, 1.807) is 0 Å². The predicted octanol–water partition coefficient (Wildman–Crippen LogP) is 10.6. The maximum Gasteiger partial charge on any atom is 0.0973 e. The van der Waals surface area contributed by atoms with Crippen LogP contribution in [0.1, 0.15) is 22.3 Å². The third-order valence-corrected chi connectivity index (χ3v) is 8.03. The van der Waals surface area contributed by atoms with Crippen molar-refractivity contribution in [3.05, 3.63) is 174 Å². The Balaban J connectivity index is 1.16. The van der Waals surface area contributed by atoms with Gasteiger partial charge in [0.05, 0.1) is 22.4 Å². The Morgan fingerprint density at radius 1 is 0.409 bits per heavy atom. The number of fused-ring (bicyclic) bond motifs is 1. The van der Waals surface area contributed by atoms with E-state index < -0.39 is 0 Å². The molecule has 3 nitrogen and oxygen atoms in total. The van der Waals surface area contributed by atoms with Gasteiger partial charge in [0.2, 0.25) is 0 Å². The maximum atomic E-state index is 5.07. The van der Waals surface area contributed by atoms with Crippen LogP contribution in [0.2, 0.25) is 0 Å². The maximum absolute atomic E-state index is 5.07. The largest absolute Gasteiger partial charge is 0.311 e. The second-order valence-corrected chi connectivity index (χ2v) is 11.3. The van der Waals surface area contributed by atoms with E-state index in [9.17, 15) is 0 Å². The molecule has 212 valence electrons. The highest BCUT2D eigenvalue weighted by atomic mass is 15.1. The van der Waals surface area contributed by atoms with Crippen LogP contribution < -0.4 is 4.90 Å². The minimum Gasteiger partial charge on any atom is -0.311 e. The highest BCUT2D eigenvalue weighted by Crippen LogP contribution is 2.35. The number of rotatable bonds is 7. The summed E-state index contributed by atoms with van der Waals surface area (Å²) < 4.78 is 0. The summed E-state index contributed by atoms with van der Waals surface area (Å²) in [6.07, 6.45) is 0.852. The van der Waals surface area contributed by atoms with E-state index >= 15 is 0 Å². The highest BCUT2D eigenvalue weighted by Gasteiger charge is 2.14. The lowest BCUT2D eigenvalue weighted by Gasteiger charge is -2.25. The van der Waals surface area contributed by atoms with Gasteiger partial charge in [-0.25, -0.2) is 9.97 Å². The molecule has 0 aliphatic rings. The Morgan fingerprint density at radius 2 is 0.795 bits per heavy atom. The van der Waals surface area contributed by atoms with Crippen LogP contribution >= 0.6 is 0 Å². The molecule has 0 N–H and O–H groups in total. The number of para-hydroxylation sites is 3. The summed E-state index contributed by atoms with van der Waals surface area (Å²) in [5.74, 6) is 0. The molecule has 0 saturated heterocycles. The summed E-state index contributed by atoms with van der Waals surface area (Å²) in [5.41, 5.74) is 14.2. The summed E-state index contributed by atoms with van der Waals surface area (Å²) in [7, 11) is 0. The molecular formula is C41H33N3. The lowest BCUT2D eigenvalue weighted by Crippen LogP contribution is -2.09. The number of benzene rings is 6. The first-order valence-corrected chi connectivity index (χ1v) is 15.0. The molecule has 0 saturated carbocycles. The number of aryl methyl sites for hydroxylation is 2. The number of hydrogen-bond donors (Lipinski definition) is 0. The van der Waals surface area contributed by atoms with Gasteiger partial charge in [-0.05, 0) is 79.9 Å². The van der Waals surface area contributed by atoms with Gasteiger partial charge >= 0.3 is 0 Å². The Bertz CT molecular complexity index is 2010. The van der Waals surface area contributed by atoms with Gasteiger partial charge in [0, 0.05) is 28.2 Å². The van der Waals surface area contributed by atoms with Gasteiger partial charge in [0.1, 0.15) is 0 Å². The van der Waals surface area contributed by atoms with Crippen LogP contribution in [-0.4, -0.2) is 9.97 Å². The van der Waals surface area contributed by atoms with Crippen molar-refractivity contribution in [2.45, 2.75) is 20.3 Å². The Hall–Kier alpha value is -5.54. The first kappa shape index (κ1) is 27.3. The summed E-state index contributed by atoms with van der Waals surface area (Å²) in [6, 6.07) is 53.5. The minimum atomic E-state index is 0.852. The molecule has 0 bridgehead atoms. The molecule has 1 aromatic heterocycles. The first-order valence-electron chi connectivity index (χ1n) is 15.0. The van der Waals surface area contributed by atoms with Crippen molar-refractivity contribution in [2.24, 2.45) is 0 Å². The van der Waals surface area contributed by atoms with Crippen LogP contribution in [0.15, 0.2) is 152 Å². The van der Waals surface area contributed by atoms with E-state index in [1.165, 1.54) is 22.3 Å². The van der Waals surface area contributed by atoms with E-state index in [-0.39, 0.29) is 0 Å². The second-order valence-electron chi connectivity index (χ2n) is 11.3. The topological polar surface area (TPSA) is 29.0 Å². The molecule has 7 rings (SSSR count). The lowest BCUT2D eigenvalue weighted by molar-refractivity contribution is 1.18. The van der Waals surface area contributed by atoms with Gasteiger partial charge in [0.15, 0.2) is 0 Å². The summed E-state index contributed by atoms with van der Waals surface area (Å²) in [5, 5.41) is 0. The van der Waals surface area contributed by atoms with Crippen molar-refractivity contribution < 1.29 is 0 Å². The molecule has 6 aromatic carbocycles. The molecule has 0 amide bonds. The molecule has 3 heteroatoms. The number of nitrogens with zero attached hydrogens (tertiary/aromatic N) is 3. The van der Waals surface area contributed by atoms with Crippen LogP contribution in [-0.2, 0) is 6.42 Å². The molecule has 0 radical (unpaired) electrons. The van der Waals surface area contributed by atoms with Crippen LogP contribution in [0.3, 0.4) is 0 Å². The van der Waals surface area contributed by atoms with E-state index in [0.717, 1.165) is 57.0 Å². The van der Waals surface area contributed by atoms with E-state index in [0.29, 0.717) is 0 Å². The molecule has 0 aliphatic carbocycles. The molecule has 0 spiro atoms. The fourth-order valence-corrected chi connectivity index (χ4v) is 5.61. The smallest absolute Gasteiger partial charge is 0.0973 e. The number of anilines is 3. The van der Waals surface area contributed by atoms with Gasteiger partial charge in [-0.15, -0.1) is 0 Å². The highest BCUT2D eigenvalue weighted by molar-refractivity contribution is 5.86. The summed E-state index contributed by atoms with van der Waals surface area (Å²) in [6.45, 7) is 4.22. The monoisotopic (exact) mass is 567 g/mol. The quantitative estimate of drug-likeness (QED) is 0.192. The van der Waals surface area contributed by atoms with Crippen LogP contribution in [0.4, 0.5) is 17.1 Å². The van der Waals surface area contributed by atoms with Gasteiger partial charge in [-0.3, -0.25) is 0 Å². The fourth-order valence-electron chi connectivity index (χ4n) is 5.61. The van der Waals surface area contributed by atoms with Crippen molar-refractivity contribution in [3.8, 4) is 22.5 Å². The molecular weight excluding hydrogens is 534 g/mol. The zero-order valence-electron chi connectivity index (χ0n) is 25.0. The minimum absolute atomic E-state index is 0.852. The molecule has 0 fully saturated rings. The van der Waals surface area contributed by atoms with Crippen LogP contribution in [0.5, 0.6) is 0 Å². The predicted molar refractivity (Wildman–Crippen MR) is 184 cm³/mol. The standard InChI is InChI=1S/C41H33N3/c1-29-12-20-33(21-13-29)40-41(43-39-11-7-6-10-38(39)42-40)34-22-16-31(17-23-34)28-32-18-26-37(27-19-32)44(35-8-4-3-5-9-35)36-24-14-30(2)15-25-36/h3-27H,28H2,1-2H3. The number of hydrogen-bond acceptors (Lipinski definition) is 3. The van der Waals surface area contributed by atoms with E-state index in [4.69, 9.17) is 9.97 Å². The Morgan fingerprint density at radius 3 is 1.32 bits per heavy atom. The van der Waals surface area contributed by atoms with Crippen molar-refractivity contribution in [2.75, 3.05) is 4.90 Å². The van der Waals surface area contributed by atoms with Gasteiger partial charge in [-0.2, -0.15) is 0 Å². The molecule has 0 unspecified atom stereocenters. The van der Waals surface area contributed by atoms with Crippen molar-refractivity contribution in [3.63, 3.8) is 0 Å². The average molecular weight is 568 g/mol. The third-order valence-electron chi connectivity index (χ3n) is 8.03. The van der Waals surface area contributed by atoms with E-state index in [2.05, 4.69) is 146 Å². The first-order chi connectivity index (χ1) is 21.6. The van der Waals surface area contributed by atoms with Crippen LogP contribution in [0, 0.1) is 13.8 Å². The van der Waals surface area contributed by atoms with Gasteiger partial charge < -0.3 is 4.90 Å². The van der Waals surface area contributed by atoms with Crippen molar-refractivity contribution in [1.29, 1.82) is 0 Å². The summed E-state index contributed by atoms with van der Waals surface area (Å²) in [4.78, 5) is 12.4. The SMILES string of the molecule is Cc1ccc(-c2nc3ccccc3nc2-c2ccc(Cc3ccc(N(c4ccccc4)c4ccc(C)cc4)cc3)cc2)cc1. The molecule has 44 heavy (non-hydrogen) atoms. The van der Waals surface area contributed by atoms with Gasteiger partial charge in [-0.1, -0.05) is 114 Å². The molecule has 0 aliphatic heterocycles. The van der Waals surface area contributed by atoms with Crippen molar-refractivity contribution in [1.82, 2.24) is 9.97 Å². The molecule has 1 heterocycles. The number of aromatic nitrogens is 2. The van der Waals surface area contributed by atoms with Crippen LogP contribution in [0.25, 0.3) is 33.5 Å².